The lowest BCUT2D eigenvalue weighted by atomic mass is 9.92. The average Bonchev–Trinajstić information content (AvgIpc) is 2.96. The predicted molar refractivity (Wildman–Crippen MR) is 70.8 cm³/mol. The van der Waals surface area contributed by atoms with Gasteiger partial charge in [-0.2, -0.15) is 0 Å². The molecule has 1 heterocycles. The molecule has 0 radical (unpaired) electrons. The van der Waals surface area contributed by atoms with Crippen molar-refractivity contribution in [2.24, 2.45) is 5.92 Å². The maximum absolute atomic E-state index is 5.58. The van der Waals surface area contributed by atoms with E-state index in [-0.39, 0.29) is 0 Å². The number of aryl methyl sites for hydroxylation is 1. The first-order valence-electron chi connectivity index (χ1n) is 5.91. The van der Waals surface area contributed by atoms with Gasteiger partial charge in [-0.25, -0.2) is 0 Å². The van der Waals surface area contributed by atoms with Crippen LogP contribution in [0.1, 0.15) is 35.3 Å². The summed E-state index contributed by atoms with van der Waals surface area (Å²) in [5.74, 6) is 2.65. The van der Waals surface area contributed by atoms with Crippen molar-refractivity contribution < 1.29 is 4.42 Å². The molecule has 17 heavy (non-hydrogen) atoms. The van der Waals surface area contributed by atoms with Gasteiger partial charge < -0.3 is 4.42 Å². The van der Waals surface area contributed by atoms with Crippen molar-refractivity contribution in [3.8, 4) is 0 Å². The number of benzene rings is 1. The third kappa shape index (κ3) is 1.46. The topological polar surface area (TPSA) is 38.9 Å². The molecule has 0 N–H and O–H groups in total. The molecule has 2 aromatic rings. The fraction of sp³-hybridized carbons (Fsp3) is 0.385. The van der Waals surface area contributed by atoms with Crippen LogP contribution in [0.2, 0.25) is 0 Å². The van der Waals surface area contributed by atoms with Crippen LogP contribution >= 0.6 is 22.6 Å². The van der Waals surface area contributed by atoms with Gasteiger partial charge in [-0.15, -0.1) is 10.2 Å². The molecule has 1 fully saturated rings. The SMILES string of the molecule is Ic1nnc(C2C3CCc4ccccc4C32)o1. The fourth-order valence-corrected chi connectivity index (χ4v) is 3.59. The summed E-state index contributed by atoms with van der Waals surface area (Å²) < 4.78 is 6.23. The van der Waals surface area contributed by atoms with Crippen LogP contribution in [0.4, 0.5) is 0 Å². The maximum atomic E-state index is 5.58. The van der Waals surface area contributed by atoms with Crippen molar-refractivity contribution in [1.82, 2.24) is 10.2 Å². The molecule has 4 heteroatoms. The van der Waals surface area contributed by atoms with Crippen LogP contribution in [0.3, 0.4) is 0 Å². The van der Waals surface area contributed by atoms with Crippen LogP contribution in [-0.2, 0) is 6.42 Å². The lowest BCUT2D eigenvalue weighted by Gasteiger charge is -2.13. The van der Waals surface area contributed by atoms with Gasteiger partial charge in [0.05, 0.1) is 0 Å². The summed E-state index contributed by atoms with van der Waals surface area (Å²) in [5.41, 5.74) is 3.01. The first-order valence-corrected chi connectivity index (χ1v) is 6.99. The summed E-state index contributed by atoms with van der Waals surface area (Å²) in [6.45, 7) is 0. The van der Waals surface area contributed by atoms with E-state index < -0.39 is 0 Å². The van der Waals surface area contributed by atoms with Gasteiger partial charge in [0.25, 0.3) is 3.90 Å². The van der Waals surface area contributed by atoms with Gasteiger partial charge >= 0.3 is 0 Å². The van der Waals surface area contributed by atoms with Crippen molar-refractivity contribution in [2.45, 2.75) is 24.7 Å². The summed E-state index contributed by atoms with van der Waals surface area (Å²) in [6, 6.07) is 8.77. The highest BCUT2D eigenvalue weighted by Gasteiger charge is 2.56. The summed E-state index contributed by atoms with van der Waals surface area (Å²) in [7, 11) is 0. The van der Waals surface area contributed by atoms with E-state index in [1.54, 1.807) is 0 Å². The molecule has 0 spiro atoms. The molecule has 3 atom stereocenters. The molecule has 2 aliphatic carbocycles. The Morgan fingerprint density at radius 2 is 2.06 bits per heavy atom. The Morgan fingerprint density at radius 1 is 1.18 bits per heavy atom. The molecule has 0 aliphatic heterocycles. The number of nitrogens with zero attached hydrogens (tertiary/aromatic N) is 2. The van der Waals surface area contributed by atoms with Crippen molar-refractivity contribution >= 4 is 22.6 Å². The van der Waals surface area contributed by atoms with Gasteiger partial charge in [0.1, 0.15) is 0 Å². The monoisotopic (exact) mass is 338 g/mol. The lowest BCUT2D eigenvalue weighted by molar-refractivity contribution is 0.461. The average molecular weight is 338 g/mol. The molecule has 0 saturated heterocycles. The van der Waals surface area contributed by atoms with E-state index >= 15 is 0 Å². The van der Waals surface area contributed by atoms with E-state index in [1.807, 2.05) is 0 Å². The van der Waals surface area contributed by atoms with Crippen LogP contribution < -0.4 is 0 Å². The molecule has 0 amide bonds. The Balaban J connectivity index is 1.73. The van der Waals surface area contributed by atoms with E-state index in [1.165, 1.54) is 24.0 Å². The lowest BCUT2D eigenvalue weighted by Crippen LogP contribution is -2.00. The Kier molecular flexibility index (Phi) is 2.09. The summed E-state index contributed by atoms with van der Waals surface area (Å²) in [6.07, 6.45) is 2.45. The molecule has 1 aromatic carbocycles. The first kappa shape index (κ1) is 10.1. The Hall–Kier alpha value is -0.910. The number of fused-ring (bicyclic) bond motifs is 3. The van der Waals surface area contributed by atoms with E-state index in [4.69, 9.17) is 4.42 Å². The Morgan fingerprint density at radius 3 is 2.88 bits per heavy atom. The molecule has 86 valence electrons. The molecule has 1 saturated carbocycles. The quantitative estimate of drug-likeness (QED) is 0.750. The van der Waals surface area contributed by atoms with E-state index in [2.05, 4.69) is 57.1 Å². The number of hydrogen-bond acceptors (Lipinski definition) is 3. The van der Waals surface area contributed by atoms with Crippen LogP contribution in [-0.4, -0.2) is 10.2 Å². The standard InChI is InChI=1S/C13H11IN2O/c14-13-16-15-12(17-13)11-9-6-5-7-3-1-2-4-8(7)10(9)11/h1-4,9-11H,5-6H2. The zero-order valence-electron chi connectivity index (χ0n) is 9.14. The maximum Gasteiger partial charge on any atom is 0.278 e. The van der Waals surface area contributed by atoms with E-state index in [9.17, 15) is 0 Å². The van der Waals surface area contributed by atoms with Crippen molar-refractivity contribution in [3.05, 3.63) is 45.2 Å². The van der Waals surface area contributed by atoms with Crippen LogP contribution in [0.25, 0.3) is 0 Å². The largest absolute Gasteiger partial charge is 0.416 e. The molecule has 3 unspecified atom stereocenters. The molecule has 2 aliphatic rings. The van der Waals surface area contributed by atoms with E-state index in [0.717, 1.165) is 11.8 Å². The van der Waals surface area contributed by atoms with Crippen molar-refractivity contribution in [1.29, 1.82) is 0 Å². The molecular formula is C13H11IN2O. The molecule has 4 rings (SSSR count). The Bertz CT molecular complexity index is 580. The smallest absolute Gasteiger partial charge is 0.278 e. The van der Waals surface area contributed by atoms with Gasteiger partial charge in [0, 0.05) is 28.5 Å². The van der Waals surface area contributed by atoms with Gasteiger partial charge in [-0.3, -0.25) is 0 Å². The molecule has 1 aromatic heterocycles. The molecule has 3 nitrogen and oxygen atoms in total. The second kappa shape index (κ2) is 3.54. The van der Waals surface area contributed by atoms with Gasteiger partial charge in [0.15, 0.2) is 0 Å². The van der Waals surface area contributed by atoms with E-state index in [0.29, 0.717) is 15.7 Å². The zero-order valence-corrected chi connectivity index (χ0v) is 11.3. The second-order valence-electron chi connectivity index (χ2n) is 4.85. The first-order chi connectivity index (χ1) is 8.34. The highest BCUT2D eigenvalue weighted by molar-refractivity contribution is 14.1. The number of rotatable bonds is 1. The minimum absolute atomic E-state index is 0.467. The summed E-state index contributed by atoms with van der Waals surface area (Å²) in [5, 5.41) is 8.11. The molecular weight excluding hydrogens is 327 g/mol. The highest BCUT2D eigenvalue weighted by atomic mass is 127. The molecule has 0 bridgehead atoms. The minimum atomic E-state index is 0.467. The van der Waals surface area contributed by atoms with Crippen LogP contribution in [0, 0.1) is 9.82 Å². The Labute approximate surface area is 113 Å². The normalized spacial score (nSPS) is 29.6. The fourth-order valence-electron chi connectivity index (χ4n) is 3.25. The second-order valence-corrected chi connectivity index (χ2v) is 5.77. The zero-order chi connectivity index (χ0) is 11.4. The number of halogens is 1. The van der Waals surface area contributed by atoms with Gasteiger partial charge in [0.2, 0.25) is 5.89 Å². The van der Waals surface area contributed by atoms with Gasteiger partial charge in [-0.1, -0.05) is 24.3 Å². The van der Waals surface area contributed by atoms with Gasteiger partial charge in [-0.05, 0) is 35.8 Å². The van der Waals surface area contributed by atoms with Crippen LogP contribution in [0.5, 0.6) is 0 Å². The van der Waals surface area contributed by atoms with Crippen molar-refractivity contribution in [3.63, 3.8) is 0 Å². The predicted octanol–water partition coefficient (Wildman–Crippen LogP) is 3.12. The van der Waals surface area contributed by atoms with Crippen LogP contribution in [0.15, 0.2) is 28.7 Å². The number of aromatic nitrogens is 2. The summed E-state index contributed by atoms with van der Waals surface area (Å²) in [4.78, 5) is 0. The minimum Gasteiger partial charge on any atom is -0.416 e. The highest BCUT2D eigenvalue weighted by Crippen LogP contribution is 2.64. The number of hydrogen-bond donors (Lipinski definition) is 0. The third-order valence-electron chi connectivity index (χ3n) is 4.03. The summed E-state index contributed by atoms with van der Waals surface area (Å²) >= 11 is 2.08. The van der Waals surface area contributed by atoms with Crippen molar-refractivity contribution in [2.75, 3.05) is 0 Å². The third-order valence-corrected chi connectivity index (χ3v) is 4.47.